The standard InChI is InChI=1S/C53H38N4/c1-3-16-49-43(4-2)44-23-14-15-24-50(44)57(49)42-30-32-52-46(34-42)45-33-40(36-17-8-5-9-18-36)27-31-51(45)56(52)41-28-25-39(26-29-41)53-54-47(37-19-10-6-11-20-37)35-48(55-53)38-21-12-7-13-22-38/h3-35H,2H2,1H3/b16-3-. The monoisotopic (exact) mass is 730 g/mol. The Morgan fingerprint density at radius 1 is 0.439 bits per heavy atom. The van der Waals surface area contributed by atoms with Crippen LogP contribution in [0.4, 0.5) is 0 Å². The molecular weight excluding hydrogens is 693 g/mol. The van der Waals surface area contributed by atoms with E-state index in [4.69, 9.17) is 9.97 Å². The lowest BCUT2D eigenvalue weighted by Crippen LogP contribution is -1.98. The molecule has 0 saturated heterocycles. The first-order valence-corrected chi connectivity index (χ1v) is 19.3. The van der Waals surface area contributed by atoms with Gasteiger partial charge in [-0.25, -0.2) is 9.97 Å². The van der Waals surface area contributed by atoms with Gasteiger partial charge >= 0.3 is 0 Å². The third kappa shape index (κ3) is 5.96. The van der Waals surface area contributed by atoms with Crippen LogP contribution in [0.25, 0.3) is 101 Å². The molecule has 0 unspecified atom stereocenters. The molecule has 0 bridgehead atoms. The van der Waals surface area contributed by atoms with Crippen molar-refractivity contribution in [2.45, 2.75) is 6.92 Å². The topological polar surface area (TPSA) is 35.6 Å². The van der Waals surface area contributed by atoms with Gasteiger partial charge in [0, 0.05) is 49.8 Å². The van der Waals surface area contributed by atoms with E-state index in [2.05, 4.69) is 180 Å². The number of fused-ring (bicyclic) bond motifs is 4. The number of benzene rings is 7. The summed E-state index contributed by atoms with van der Waals surface area (Å²) in [6.07, 6.45) is 6.25. The van der Waals surface area contributed by atoms with Crippen molar-refractivity contribution < 1.29 is 0 Å². The van der Waals surface area contributed by atoms with E-state index in [1.807, 2.05) is 42.5 Å². The fraction of sp³-hybridized carbons (Fsp3) is 0.0189. The van der Waals surface area contributed by atoms with E-state index in [-0.39, 0.29) is 0 Å². The number of hydrogen-bond acceptors (Lipinski definition) is 2. The van der Waals surface area contributed by atoms with Gasteiger partial charge in [-0.1, -0.05) is 134 Å². The second-order valence-corrected chi connectivity index (χ2v) is 14.2. The Morgan fingerprint density at radius 2 is 0.965 bits per heavy atom. The van der Waals surface area contributed by atoms with Crippen LogP contribution in [0.15, 0.2) is 195 Å². The minimum absolute atomic E-state index is 0.691. The van der Waals surface area contributed by atoms with Crippen LogP contribution in [-0.2, 0) is 0 Å². The van der Waals surface area contributed by atoms with E-state index in [1.54, 1.807) is 0 Å². The van der Waals surface area contributed by atoms with E-state index in [0.29, 0.717) is 5.82 Å². The maximum absolute atomic E-state index is 5.09. The van der Waals surface area contributed by atoms with E-state index in [1.165, 1.54) is 27.3 Å². The van der Waals surface area contributed by atoms with Crippen molar-refractivity contribution >= 4 is 44.9 Å². The van der Waals surface area contributed by atoms with Crippen LogP contribution in [0.3, 0.4) is 0 Å². The van der Waals surface area contributed by atoms with Gasteiger partial charge in [-0.3, -0.25) is 0 Å². The maximum Gasteiger partial charge on any atom is 0.160 e. The molecule has 3 heterocycles. The molecule has 57 heavy (non-hydrogen) atoms. The van der Waals surface area contributed by atoms with Crippen molar-refractivity contribution in [2.24, 2.45) is 0 Å². The Hall–Kier alpha value is -7.56. The van der Waals surface area contributed by atoms with Crippen molar-refractivity contribution in [2.75, 3.05) is 0 Å². The molecule has 0 amide bonds. The Bertz CT molecular complexity index is 3060. The number of nitrogens with zero attached hydrogens (tertiary/aromatic N) is 4. The first kappa shape index (κ1) is 34.0. The molecule has 0 fully saturated rings. The van der Waals surface area contributed by atoms with Gasteiger partial charge in [-0.05, 0) is 90.9 Å². The molecule has 10 aromatic rings. The minimum Gasteiger partial charge on any atom is -0.309 e. The van der Waals surface area contributed by atoms with Crippen LogP contribution in [-0.4, -0.2) is 19.1 Å². The van der Waals surface area contributed by atoms with Gasteiger partial charge < -0.3 is 9.13 Å². The summed E-state index contributed by atoms with van der Waals surface area (Å²) in [6, 6.07) is 64.3. The van der Waals surface area contributed by atoms with E-state index < -0.39 is 0 Å². The molecular formula is C53H38N4. The van der Waals surface area contributed by atoms with Crippen LogP contribution in [0, 0.1) is 0 Å². The van der Waals surface area contributed by atoms with Crippen molar-refractivity contribution in [3.63, 3.8) is 0 Å². The second kappa shape index (κ2) is 14.3. The third-order valence-electron chi connectivity index (χ3n) is 10.8. The van der Waals surface area contributed by atoms with Crippen LogP contribution < -0.4 is 0 Å². The highest BCUT2D eigenvalue weighted by atomic mass is 15.0. The zero-order valence-corrected chi connectivity index (χ0v) is 31.5. The molecule has 0 spiro atoms. The molecule has 0 aliphatic rings. The summed E-state index contributed by atoms with van der Waals surface area (Å²) in [4.78, 5) is 10.2. The van der Waals surface area contributed by atoms with E-state index >= 15 is 0 Å². The Kier molecular flexibility index (Phi) is 8.50. The number of rotatable bonds is 8. The SMILES string of the molecule is C=Cc1c(/C=C\C)n(-c2ccc3c(c2)c2cc(-c4ccccc4)ccc2n3-c2ccc(-c3nc(-c4ccccc4)cc(-c4ccccc4)n3)cc2)c2ccccc12. The molecule has 10 rings (SSSR count). The molecule has 7 aromatic carbocycles. The normalized spacial score (nSPS) is 11.6. The maximum atomic E-state index is 5.09. The largest absolute Gasteiger partial charge is 0.309 e. The summed E-state index contributed by atoms with van der Waals surface area (Å²) >= 11 is 0. The number of allylic oxidation sites excluding steroid dienone is 1. The average molecular weight is 731 g/mol. The quantitative estimate of drug-likeness (QED) is 0.156. The number of aromatic nitrogens is 4. The number of hydrogen-bond donors (Lipinski definition) is 0. The predicted molar refractivity (Wildman–Crippen MR) is 240 cm³/mol. The van der Waals surface area contributed by atoms with Crippen molar-refractivity contribution in [1.29, 1.82) is 0 Å². The fourth-order valence-electron chi connectivity index (χ4n) is 8.19. The van der Waals surface area contributed by atoms with Crippen LogP contribution >= 0.6 is 0 Å². The molecule has 270 valence electrons. The molecule has 4 nitrogen and oxygen atoms in total. The predicted octanol–water partition coefficient (Wildman–Crippen LogP) is 13.9. The first-order chi connectivity index (χ1) is 28.2. The van der Waals surface area contributed by atoms with Gasteiger partial charge in [0.2, 0.25) is 0 Å². The second-order valence-electron chi connectivity index (χ2n) is 14.2. The number of para-hydroxylation sites is 1. The fourth-order valence-corrected chi connectivity index (χ4v) is 8.19. The minimum atomic E-state index is 0.691. The van der Waals surface area contributed by atoms with Crippen molar-refractivity contribution in [3.8, 4) is 56.4 Å². The highest BCUT2D eigenvalue weighted by Gasteiger charge is 2.19. The highest BCUT2D eigenvalue weighted by Crippen LogP contribution is 2.39. The molecule has 0 aliphatic carbocycles. The molecule has 0 atom stereocenters. The van der Waals surface area contributed by atoms with Gasteiger partial charge in [0.25, 0.3) is 0 Å². The summed E-state index contributed by atoms with van der Waals surface area (Å²) in [5.41, 5.74) is 15.1. The van der Waals surface area contributed by atoms with Crippen LogP contribution in [0.1, 0.15) is 18.2 Å². The molecule has 0 radical (unpaired) electrons. The summed E-state index contributed by atoms with van der Waals surface area (Å²) in [6.45, 7) is 6.27. The molecule has 0 saturated carbocycles. The zero-order valence-electron chi connectivity index (χ0n) is 31.5. The zero-order chi connectivity index (χ0) is 38.3. The Morgan fingerprint density at radius 3 is 1.60 bits per heavy atom. The van der Waals surface area contributed by atoms with Crippen LogP contribution in [0.2, 0.25) is 0 Å². The lowest BCUT2D eigenvalue weighted by molar-refractivity contribution is 1.11. The Labute approximate surface area is 332 Å². The van der Waals surface area contributed by atoms with Gasteiger partial charge in [0.1, 0.15) is 0 Å². The smallest absolute Gasteiger partial charge is 0.160 e. The lowest BCUT2D eigenvalue weighted by Gasteiger charge is -2.12. The van der Waals surface area contributed by atoms with Gasteiger partial charge in [0.15, 0.2) is 5.82 Å². The van der Waals surface area contributed by atoms with Crippen molar-refractivity contribution in [1.82, 2.24) is 19.1 Å². The van der Waals surface area contributed by atoms with Gasteiger partial charge in [-0.15, -0.1) is 0 Å². The highest BCUT2D eigenvalue weighted by molar-refractivity contribution is 6.11. The average Bonchev–Trinajstić information content (AvgIpc) is 3.78. The molecule has 4 heteroatoms. The van der Waals surface area contributed by atoms with Gasteiger partial charge in [0.05, 0.1) is 33.6 Å². The van der Waals surface area contributed by atoms with E-state index in [9.17, 15) is 0 Å². The lowest BCUT2D eigenvalue weighted by atomic mass is 10.0. The molecule has 0 aliphatic heterocycles. The molecule has 0 N–H and O–H groups in total. The van der Waals surface area contributed by atoms with Gasteiger partial charge in [-0.2, -0.15) is 0 Å². The van der Waals surface area contributed by atoms with Crippen LogP contribution in [0.5, 0.6) is 0 Å². The molecule has 3 aromatic heterocycles. The summed E-state index contributed by atoms with van der Waals surface area (Å²) < 4.78 is 4.73. The summed E-state index contributed by atoms with van der Waals surface area (Å²) in [7, 11) is 0. The third-order valence-corrected chi connectivity index (χ3v) is 10.8. The summed E-state index contributed by atoms with van der Waals surface area (Å²) in [5, 5.41) is 3.56. The Balaban J connectivity index is 1.15. The van der Waals surface area contributed by atoms with E-state index in [0.717, 1.165) is 67.3 Å². The van der Waals surface area contributed by atoms with Crippen molar-refractivity contribution in [3.05, 3.63) is 206 Å². The summed E-state index contributed by atoms with van der Waals surface area (Å²) in [5.74, 6) is 0.691. The first-order valence-electron chi connectivity index (χ1n) is 19.3.